The maximum absolute atomic E-state index is 12.9. The van der Waals surface area contributed by atoms with Gasteiger partial charge in [0.25, 0.3) is 5.91 Å². The predicted octanol–water partition coefficient (Wildman–Crippen LogP) is 3.10. The zero-order valence-electron chi connectivity index (χ0n) is 15.7. The Morgan fingerprint density at radius 3 is 2.79 bits per heavy atom. The molecular weight excluding hydrogens is 356 g/mol. The third-order valence-electron chi connectivity index (χ3n) is 5.29. The van der Waals surface area contributed by atoms with E-state index in [9.17, 15) is 14.4 Å². The fourth-order valence-electron chi connectivity index (χ4n) is 3.95. The number of benzene rings is 2. The molecule has 2 aromatic carbocycles. The number of anilines is 2. The number of hydrogen-bond acceptors (Lipinski definition) is 4. The highest BCUT2D eigenvalue weighted by atomic mass is 16.5. The highest BCUT2D eigenvalue weighted by molar-refractivity contribution is 6.05. The number of nitrogens with zero attached hydrogens (tertiary/aromatic N) is 1. The number of esters is 1. The van der Waals surface area contributed by atoms with Gasteiger partial charge in [0.05, 0.1) is 16.9 Å². The Morgan fingerprint density at radius 2 is 1.93 bits per heavy atom. The molecule has 0 bridgehead atoms. The number of para-hydroxylation sites is 2. The second-order valence-corrected chi connectivity index (χ2v) is 7.30. The van der Waals surface area contributed by atoms with E-state index in [-0.39, 0.29) is 30.9 Å². The first-order valence-corrected chi connectivity index (χ1v) is 9.53. The molecule has 1 atom stereocenters. The number of rotatable bonds is 3. The molecule has 0 saturated heterocycles. The van der Waals surface area contributed by atoms with Crippen molar-refractivity contribution in [1.82, 2.24) is 0 Å². The van der Waals surface area contributed by atoms with E-state index in [1.54, 1.807) is 30.3 Å². The molecule has 2 aliphatic rings. The van der Waals surface area contributed by atoms with Crippen molar-refractivity contribution >= 4 is 29.2 Å². The van der Waals surface area contributed by atoms with E-state index >= 15 is 0 Å². The van der Waals surface area contributed by atoms with Gasteiger partial charge in [0.15, 0.2) is 6.61 Å². The largest absolute Gasteiger partial charge is 0.452 e. The minimum atomic E-state index is -0.506. The summed E-state index contributed by atoms with van der Waals surface area (Å²) >= 11 is 0. The van der Waals surface area contributed by atoms with Crippen molar-refractivity contribution < 1.29 is 19.1 Å². The van der Waals surface area contributed by atoms with E-state index in [1.165, 1.54) is 16.0 Å². The Hall–Kier alpha value is -3.15. The van der Waals surface area contributed by atoms with Crippen LogP contribution in [0.5, 0.6) is 0 Å². The number of hydrogen-bond donors (Lipinski definition) is 1. The summed E-state index contributed by atoms with van der Waals surface area (Å²) < 4.78 is 5.30. The van der Waals surface area contributed by atoms with Gasteiger partial charge in [-0.3, -0.25) is 9.59 Å². The van der Waals surface area contributed by atoms with E-state index in [4.69, 9.17) is 4.74 Å². The van der Waals surface area contributed by atoms with Crippen LogP contribution in [0.25, 0.3) is 0 Å². The summed E-state index contributed by atoms with van der Waals surface area (Å²) in [7, 11) is 0. The molecule has 1 aliphatic carbocycles. The summed E-state index contributed by atoms with van der Waals surface area (Å²) in [5, 5.41) is 2.81. The molecule has 0 radical (unpaired) electrons. The predicted molar refractivity (Wildman–Crippen MR) is 105 cm³/mol. The smallest absolute Gasteiger partial charge is 0.338 e. The number of carbonyl (C=O) groups excluding carboxylic acids is 3. The summed E-state index contributed by atoms with van der Waals surface area (Å²) in [6, 6.07) is 12.4. The molecule has 1 aliphatic heterocycles. The van der Waals surface area contributed by atoms with Crippen LogP contribution in [0, 0.1) is 0 Å². The van der Waals surface area contributed by atoms with Crippen LogP contribution in [-0.2, 0) is 27.2 Å². The van der Waals surface area contributed by atoms with Gasteiger partial charge in [0, 0.05) is 12.5 Å². The summed E-state index contributed by atoms with van der Waals surface area (Å²) in [6.45, 7) is 1.44. The third-order valence-corrected chi connectivity index (χ3v) is 5.29. The van der Waals surface area contributed by atoms with Gasteiger partial charge in [0.1, 0.15) is 0 Å². The molecule has 6 heteroatoms. The number of amides is 2. The number of ether oxygens (including phenoxy) is 1. The van der Waals surface area contributed by atoms with Crippen LogP contribution in [0.2, 0.25) is 0 Å². The van der Waals surface area contributed by atoms with Crippen LogP contribution in [0.3, 0.4) is 0 Å². The third kappa shape index (κ3) is 3.50. The normalized spacial score (nSPS) is 18.0. The van der Waals surface area contributed by atoms with Crippen LogP contribution in [0.4, 0.5) is 11.4 Å². The van der Waals surface area contributed by atoms with Gasteiger partial charge in [-0.15, -0.1) is 0 Å². The average Bonchev–Trinajstić information content (AvgIpc) is 3.10. The zero-order valence-corrected chi connectivity index (χ0v) is 15.7. The van der Waals surface area contributed by atoms with Gasteiger partial charge >= 0.3 is 5.97 Å². The van der Waals surface area contributed by atoms with Gasteiger partial charge in [-0.25, -0.2) is 4.79 Å². The molecule has 28 heavy (non-hydrogen) atoms. The fourth-order valence-corrected chi connectivity index (χ4v) is 3.95. The summed E-state index contributed by atoms with van der Waals surface area (Å²) in [5.74, 6) is -1.01. The topological polar surface area (TPSA) is 75.7 Å². The summed E-state index contributed by atoms with van der Waals surface area (Å²) in [4.78, 5) is 38.8. The van der Waals surface area contributed by atoms with Crippen molar-refractivity contribution in [3.8, 4) is 0 Å². The molecule has 144 valence electrons. The molecule has 0 saturated carbocycles. The first-order chi connectivity index (χ1) is 13.5. The molecular formula is C22H22N2O4. The molecule has 2 aromatic rings. The molecule has 0 aromatic heterocycles. The monoisotopic (exact) mass is 378 g/mol. The van der Waals surface area contributed by atoms with Crippen LogP contribution in [-0.4, -0.2) is 30.4 Å². The summed E-state index contributed by atoms with van der Waals surface area (Å²) in [5.41, 5.74) is 4.12. The zero-order chi connectivity index (χ0) is 19.7. The van der Waals surface area contributed by atoms with Crippen LogP contribution in [0.1, 0.15) is 41.3 Å². The quantitative estimate of drug-likeness (QED) is 0.833. The lowest BCUT2D eigenvalue weighted by atomic mass is 10.1. The Bertz CT molecular complexity index is 953. The van der Waals surface area contributed by atoms with Crippen molar-refractivity contribution in [3.63, 3.8) is 0 Å². The van der Waals surface area contributed by atoms with E-state index in [1.807, 2.05) is 19.1 Å². The highest BCUT2D eigenvalue weighted by Gasteiger charge is 2.30. The SMILES string of the molecule is C[C@@H]1CC(=O)Nc2ccccc2N1C(=O)COC(=O)c1ccc2c(c1)CCC2. The van der Waals surface area contributed by atoms with Crippen molar-refractivity contribution in [1.29, 1.82) is 0 Å². The maximum Gasteiger partial charge on any atom is 0.338 e. The maximum atomic E-state index is 12.9. The number of carbonyl (C=O) groups is 3. The molecule has 6 nitrogen and oxygen atoms in total. The summed E-state index contributed by atoms with van der Waals surface area (Å²) in [6.07, 6.45) is 3.30. The van der Waals surface area contributed by atoms with Crippen molar-refractivity contribution in [2.24, 2.45) is 0 Å². The molecule has 0 unspecified atom stereocenters. The van der Waals surface area contributed by atoms with Crippen molar-refractivity contribution in [2.45, 2.75) is 38.6 Å². The lowest BCUT2D eigenvalue weighted by Crippen LogP contribution is -2.41. The lowest BCUT2D eigenvalue weighted by molar-refractivity contribution is -0.122. The number of fused-ring (bicyclic) bond motifs is 2. The number of aryl methyl sites for hydroxylation is 2. The standard InChI is InChI=1S/C22H22N2O4/c1-14-11-20(25)23-18-7-2-3-8-19(18)24(14)21(26)13-28-22(27)17-10-9-15-5-4-6-16(15)12-17/h2-3,7-10,12,14H,4-6,11,13H2,1H3,(H,23,25)/t14-/m1/s1. The van der Waals surface area contributed by atoms with Crippen molar-refractivity contribution in [3.05, 3.63) is 59.2 Å². The first-order valence-electron chi connectivity index (χ1n) is 9.53. The average molecular weight is 378 g/mol. The highest BCUT2D eigenvalue weighted by Crippen LogP contribution is 2.31. The lowest BCUT2D eigenvalue weighted by Gasteiger charge is -2.27. The van der Waals surface area contributed by atoms with Gasteiger partial charge in [-0.1, -0.05) is 18.2 Å². The Balaban J connectivity index is 1.48. The van der Waals surface area contributed by atoms with Crippen LogP contribution >= 0.6 is 0 Å². The van der Waals surface area contributed by atoms with Gasteiger partial charge < -0.3 is 15.0 Å². The minimum absolute atomic E-state index is 0.148. The van der Waals surface area contributed by atoms with Gasteiger partial charge in [0.2, 0.25) is 5.91 Å². The Morgan fingerprint density at radius 1 is 1.14 bits per heavy atom. The molecule has 0 spiro atoms. The van der Waals surface area contributed by atoms with E-state index in [0.717, 1.165) is 19.3 Å². The number of nitrogens with one attached hydrogen (secondary N) is 1. The van der Waals surface area contributed by atoms with Gasteiger partial charge in [-0.2, -0.15) is 0 Å². The molecule has 4 rings (SSSR count). The van der Waals surface area contributed by atoms with Crippen LogP contribution in [0.15, 0.2) is 42.5 Å². The van der Waals surface area contributed by atoms with E-state index in [0.29, 0.717) is 16.9 Å². The van der Waals surface area contributed by atoms with E-state index < -0.39 is 5.97 Å². The minimum Gasteiger partial charge on any atom is -0.452 e. The second kappa shape index (κ2) is 7.46. The van der Waals surface area contributed by atoms with E-state index in [2.05, 4.69) is 5.32 Å². The molecule has 2 amide bonds. The molecule has 0 fully saturated rings. The van der Waals surface area contributed by atoms with Crippen LogP contribution < -0.4 is 10.2 Å². The Kier molecular flexibility index (Phi) is 4.86. The fraction of sp³-hybridized carbons (Fsp3) is 0.318. The first kappa shape index (κ1) is 18.2. The van der Waals surface area contributed by atoms with Crippen molar-refractivity contribution in [2.75, 3.05) is 16.8 Å². The molecule has 1 heterocycles. The second-order valence-electron chi connectivity index (χ2n) is 7.30. The molecule has 1 N–H and O–H groups in total. The van der Waals surface area contributed by atoms with Gasteiger partial charge in [-0.05, 0) is 61.6 Å². The Labute approximate surface area is 163 Å².